The van der Waals surface area contributed by atoms with Gasteiger partial charge in [0.15, 0.2) is 15.6 Å². The maximum atomic E-state index is 12.0. The fraction of sp³-hybridized carbons (Fsp3) is 0.714. The third-order valence-electron chi connectivity index (χ3n) is 3.87. The van der Waals surface area contributed by atoms with Crippen LogP contribution in [0.15, 0.2) is 12.4 Å². The number of ether oxygens (including phenoxy) is 1. The average molecular weight is 298 g/mol. The first-order valence-corrected chi connectivity index (χ1v) is 8.89. The second-order valence-electron chi connectivity index (χ2n) is 5.89. The molecule has 112 valence electrons. The molecule has 0 saturated heterocycles. The quantitative estimate of drug-likeness (QED) is 0.806. The van der Waals surface area contributed by atoms with Gasteiger partial charge in [0.25, 0.3) is 0 Å². The minimum atomic E-state index is -3.19. The Bertz CT molecular complexity index is 548. The van der Waals surface area contributed by atoms with Crippen molar-refractivity contribution in [2.24, 2.45) is 5.92 Å². The molecule has 1 aromatic heterocycles. The summed E-state index contributed by atoms with van der Waals surface area (Å²) < 4.78 is 28.6. The third-order valence-corrected chi connectivity index (χ3v) is 5.88. The fourth-order valence-corrected chi connectivity index (χ4v) is 3.76. The molecule has 0 atom stereocenters. The molecule has 1 aromatic rings. The van der Waals surface area contributed by atoms with Crippen LogP contribution < -0.4 is 4.74 Å². The number of sulfone groups is 1. The molecule has 6 heteroatoms. The molecule has 5 nitrogen and oxygen atoms in total. The maximum Gasteiger partial charge on any atom is 0.160 e. The lowest BCUT2D eigenvalue weighted by Crippen LogP contribution is -2.43. The maximum absolute atomic E-state index is 12.0. The Balaban J connectivity index is 2.08. The van der Waals surface area contributed by atoms with Crippen molar-refractivity contribution in [3.63, 3.8) is 0 Å². The Hall–Kier alpha value is -1.17. The topological polar surface area (TPSA) is 69.2 Å². The lowest BCUT2D eigenvalue weighted by atomic mass is 9.83. The zero-order valence-electron chi connectivity index (χ0n) is 12.3. The van der Waals surface area contributed by atoms with Crippen LogP contribution >= 0.6 is 0 Å². The Morgan fingerprint density at radius 1 is 1.30 bits per heavy atom. The highest BCUT2D eigenvalue weighted by molar-refractivity contribution is 7.91. The van der Waals surface area contributed by atoms with Crippen LogP contribution in [0.3, 0.4) is 0 Å². The SMILES string of the molecule is CC(C)CCOc1cnc(C2(S(C)(=O)=O)CCC2)nc1. The van der Waals surface area contributed by atoms with Crippen molar-refractivity contribution in [3.05, 3.63) is 18.2 Å². The van der Waals surface area contributed by atoms with Crippen molar-refractivity contribution in [3.8, 4) is 5.75 Å². The second kappa shape index (κ2) is 5.68. The van der Waals surface area contributed by atoms with Gasteiger partial charge in [0.1, 0.15) is 10.6 Å². The second-order valence-corrected chi connectivity index (χ2v) is 8.22. The largest absolute Gasteiger partial charge is 0.490 e. The number of hydrogen-bond acceptors (Lipinski definition) is 5. The van der Waals surface area contributed by atoms with E-state index in [4.69, 9.17) is 4.74 Å². The number of hydrogen-bond donors (Lipinski definition) is 0. The smallest absolute Gasteiger partial charge is 0.160 e. The minimum Gasteiger partial charge on any atom is -0.490 e. The number of nitrogens with zero attached hydrogens (tertiary/aromatic N) is 2. The molecule has 1 fully saturated rings. The molecular weight excluding hydrogens is 276 g/mol. The van der Waals surface area contributed by atoms with E-state index in [0.29, 0.717) is 36.9 Å². The van der Waals surface area contributed by atoms with Gasteiger partial charge in [-0.15, -0.1) is 0 Å². The van der Waals surface area contributed by atoms with Crippen LogP contribution in [-0.2, 0) is 14.6 Å². The highest BCUT2D eigenvalue weighted by Gasteiger charge is 2.50. The Morgan fingerprint density at radius 2 is 1.90 bits per heavy atom. The number of rotatable bonds is 6. The summed E-state index contributed by atoms with van der Waals surface area (Å²) in [4.78, 5) is 8.44. The van der Waals surface area contributed by atoms with E-state index < -0.39 is 14.6 Å². The summed E-state index contributed by atoms with van der Waals surface area (Å²) in [6.45, 7) is 4.89. The molecule has 1 aliphatic carbocycles. The van der Waals surface area contributed by atoms with Crippen LogP contribution in [-0.4, -0.2) is 31.2 Å². The van der Waals surface area contributed by atoms with Crippen molar-refractivity contribution < 1.29 is 13.2 Å². The van der Waals surface area contributed by atoms with Crippen molar-refractivity contribution >= 4 is 9.84 Å². The first-order valence-electron chi connectivity index (χ1n) is 7.00. The van der Waals surface area contributed by atoms with Gasteiger partial charge in [0.05, 0.1) is 19.0 Å². The van der Waals surface area contributed by atoms with Crippen molar-refractivity contribution in [2.45, 2.75) is 44.3 Å². The summed E-state index contributed by atoms with van der Waals surface area (Å²) in [7, 11) is -3.19. The zero-order chi connectivity index (χ0) is 14.8. The molecule has 0 amide bonds. The van der Waals surface area contributed by atoms with E-state index in [9.17, 15) is 8.42 Å². The summed E-state index contributed by atoms with van der Waals surface area (Å²) in [5.41, 5.74) is 0. The lowest BCUT2D eigenvalue weighted by Gasteiger charge is -2.38. The summed E-state index contributed by atoms with van der Waals surface area (Å²) >= 11 is 0. The molecule has 0 bridgehead atoms. The van der Waals surface area contributed by atoms with Gasteiger partial charge in [0.2, 0.25) is 0 Å². The van der Waals surface area contributed by atoms with Gasteiger partial charge in [-0.2, -0.15) is 0 Å². The van der Waals surface area contributed by atoms with Gasteiger partial charge in [-0.3, -0.25) is 0 Å². The average Bonchev–Trinajstić information content (AvgIpc) is 2.27. The fourth-order valence-electron chi connectivity index (χ4n) is 2.30. The summed E-state index contributed by atoms with van der Waals surface area (Å²) in [5, 5.41) is 0. The molecular formula is C14H22N2O3S. The number of aromatic nitrogens is 2. The molecule has 1 heterocycles. The van der Waals surface area contributed by atoms with Crippen LogP contribution in [0.25, 0.3) is 0 Å². The molecule has 0 N–H and O–H groups in total. The van der Waals surface area contributed by atoms with Crippen molar-refractivity contribution in [1.29, 1.82) is 0 Å². The van der Waals surface area contributed by atoms with Crippen LogP contribution in [0, 0.1) is 5.92 Å². The van der Waals surface area contributed by atoms with Gasteiger partial charge in [0, 0.05) is 6.26 Å². The van der Waals surface area contributed by atoms with Gasteiger partial charge >= 0.3 is 0 Å². The molecule has 20 heavy (non-hydrogen) atoms. The molecule has 1 saturated carbocycles. The van der Waals surface area contributed by atoms with Crippen LogP contribution in [0.5, 0.6) is 5.75 Å². The molecule has 0 unspecified atom stereocenters. The van der Waals surface area contributed by atoms with Crippen molar-refractivity contribution in [1.82, 2.24) is 9.97 Å². The lowest BCUT2D eigenvalue weighted by molar-refractivity contribution is 0.284. The summed E-state index contributed by atoms with van der Waals surface area (Å²) in [5.74, 6) is 1.58. The summed E-state index contributed by atoms with van der Waals surface area (Å²) in [6, 6.07) is 0. The molecule has 2 rings (SSSR count). The Morgan fingerprint density at radius 3 is 2.30 bits per heavy atom. The predicted molar refractivity (Wildman–Crippen MR) is 77.4 cm³/mol. The highest BCUT2D eigenvalue weighted by atomic mass is 32.2. The van der Waals surface area contributed by atoms with Crippen molar-refractivity contribution in [2.75, 3.05) is 12.9 Å². The normalized spacial score (nSPS) is 17.8. The minimum absolute atomic E-state index is 0.405. The Kier molecular flexibility index (Phi) is 4.32. The van der Waals surface area contributed by atoms with Gasteiger partial charge < -0.3 is 4.74 Å². The van der Waals surface area contributed by atoms with Crippen LogP contribution in [0.1, 0.15) is 45.4 Å². The third kappa shape index (κ3) is 2.95. The van der Waals surface area contributed by atoms with E-state index in [1.165, 1.54) is 6.26 Å². The Labute approximate surface area is 120 Å². The molecule has 0 aliphatic heterocycles. The molecule has 1 aliphatic rings. The monoisotopic (exact) mass is 298 g/mol. The van der Waals surface area contributed by atoms with E-state index in [1.807, 2.05) is 0 Å². The van der Waals surface area contributed by atoms with Crippen LogP contribution in [0.4, 0.5) is 0 Å². The van der Waals surface area contributed by atoms with E-state index in [-0.39, 0.29) is 0 Å². The summed E-state index contributed by atoms with van der Waals surface area (Å²) in [6.07, 6.45) is 7.52. The van der Waals surface area contributed by atoms with E-state index >= 15 is 0 Å². The van der Waals surface area contributed by atoms with Crippen LogP contribution in [0.2, 0.25) is 0 Å². The standard InChI is InChI=1S/C14H22N2O3S/c1-11(2)5-8-19-12-9-15-13(16-10-12)14(6-4-7-14)20(3,17)18/h9-11H,4-8H2,1-3H3. The van der Waals surface area contributed by atoms with E-state index in [0.717, 1.165) is 12.8 Å². The molecule has 0 spiro atoms. The molecule has 0 radical (unpaired) electrons. The molecule has 0 aromatic carbocycles. The van der Waals surface area contributed by atoms with E-state index in [1.54, 1.807) is 12.4 Å². The van der Waals surface area contributed by atoms with Gasteiger partial charge in [-0.05, 0) is 31.6 Å². The first kappa shape index (κ1) is 15.2. The highest BCUT2D eigenvalue weighted by Crippen LogP contribution is 2.46. The van der Waals surface area contributed by atoms with Gasteiger partial charge in [-0.1, -0.05) is 13.8 Å². The zero-order valence-corrected chi connectivity index (χ0v) is 13.1. The first-order chi connectivity index (χ1) is 9.35. The van der Waals surface area contributed by atoms with E-state index in [2.05, 4.69) is 23.8 Å². The van der Waals surface area contributed by atoms with Gasteiger partial charge in [-0.25, -0.2) is 18.4 Å². The predicted octanol–water partition coefficient (Wildman–Crippen LogP) is 2.33.